The number of hydrogen-bond donors (Lipinski definition) is 2. The van der Waals surface area contributed by atoms with Crippen LogP contribution in [0.2, 0.25) is 0 Å². The minimum absolute atomic E-state index is 0.205. The molecule has 2 rings (SSSR count). The lowest BCUT2D eigenvalue weighted by atomic mass is 9.94. The largest absolute Gasteiger partial charge is 0.444 e. The van der Waals surface area contributed by atoms with Crippen LogP contribution < -0.4 is 10.6 Å². The molecular weight excluding hydrogens is 514 g/mol. The molecule has 0 aliphatic heterocycles. The summed E-state index contributed by atoms with van der Waals surface area (Å²) in [5.41, 5.74) is 1.33. The van der Waals surface area contributed by atoms with E-state index in [4.69, 9.17) is 11.2 Å². The third-order valence-electron chi connectivity index (χ3n) is 6.97. The van der Waals surface area contributed by atoms with Gasteiger partial charge in [0.2, 0.25) is 11.8 Å². The first-order chi connectivity index (χ1) is 19.5. The van der Waals surface area contributed by atoms with E-state index in [1.54, 1.807) is 37.8 Å². The number of hydrogen-bond acceptors (Lipinski definition) is 4. The maximum atomic E-state index is 14.4. The average Bonchev–Trinajstić information content (AvgIpc) is 2.95. The molecule has 2 aromatic carbocycles. The lowest BCUT2D eigenvalue weighted by Gasteiger charge is -2.36. The molecule has 7 heteroatoms. The summed E-state index contributed by atoms with van der Waals surface area (Å²) in [6, 6.07) is 15.0. The van der Waals surface area contributed by atoms with Crippen LogP contribution in [0.1, 0.15) is 96.4 Å². The van der Waals surface area contributed by atoms with Crippen LogP contribution in [0.3, 0.4) is 0 Å². The van der Waals surface area contributed by atoms with Gasteiger partial charge in [0.25, 0.3) is 0 Å². The molecule has 0 aromatic heterocycles. The third kappa shape index (κ3) is 10.6. The SMILES string of the molecule is C#Cc1ccccc1C(C(=O)NCc1ccccc1)N(CCCCCC)C(=O)C(NC(=O)OC(C)(C)C)C(C)CC. The Bertz CT molecular complexity index is 1170. The number of carbonyl (C=O) groups excluding carboxylic acids is 3. The highest BCUT2D eigenvalue weighted by molar-refractivity contribution is 5.92. The number of unbranched alkanes of at least 4 members (excludes halogenated alkanes) is 3. The Morgan fingerprint density at radius 3 is 2.24 bits per heavy atom. The normalized spacial score (nSPS) is 13.3. The van der Waals surface area contributed by atoms with Gasteiger partial charge in [-0.3, -0.25) is 9.59 Å². The van der Waals surface area contributed by atoms with E-state index >= 15 is 0 Å². The lowest BCUT2D eigenvalue weighted by Crippen LogP contribution is -2.55. The Hall–Kier alpha value is -3.79. The van der Waals surface area contributed by atoms with Gasteiger partial charge in [-0.15, -0.1) is 6.42 Å². The highest BCUT2D eigenvalue weighted by Crippen LogP contribution is 2.28. The van der Waals surface area contributed by atoms with Crippen LogP contribution in [0.15, 0.2) is 54.6 Å². The van der Waals surface area contributed by atoms with Crippen molar-refractivity contribution in [3.8, 4) is 12.3 Å². The molecule has 0 saturated carbocycles. The summed E-state index contributed by atoms with van der Waals surface area (Å²) in [6.45, 7) is 12.0. The molecule has 0 bridgehead atoms. The van der Waals surface area contributed by atoms with Gasteiger partial charge in [0.15, 0.2) is 0 Å². The summed E-state index contributed by atoms with van der Waals surface area (Å²) in [7, 11) is 0. The third-order valence-corrected chi connectivity index (χ3v) is 6.97. The minimum atomic E-state index is -0.980. The summed E-state index contributed by atoms with van der Waals surface area (Å²) >= 11 is 0. The van der Waals surface area contributed by atoms with Gasteiger partial charge in [-0.1, -0.05) is 101 Å². The summed E-state index contributed by atoms with van der Waals surface area (Å²) < 4.78 is 5.50. The summed E-state index contributed by atoms with van der Waals surface area (Å²) in [6.07, 6.45) is 9.49. The molecule has 0 fully saturated rings. The Balaban J connectivity index is 2.55. The molecule has 0 aliphatic rings. The second-order valence-electron chi connectivity index (χ2n) is 11.4. The quantitative estimate of drug-likeness (QED) is 0.207. The first-order valence-electron chi connectivity index (χ1n) is 14.7. The molecule has 2 N–H and O–H groups in total. The van der Waals surface area contributed by atoms with Crippen molar-refractivity contribution in [2.45, 2.75) is 97.9 Å². The molecule has 0 heterocycles. The Labute approximate surface area is 246 Å². The number of nitrogens with zero attached hydrogens (tertiary/aromatic N) is 1. The van der Waals surface area contributed by atoms with Crippen LogP contribution in [0.25, 0.3) is 0 Å². The van der Waals surface area contributed by atoms with Crippen molar-refractivity contribution in [3.05, 3.63) is 71.3 Å². The van der Waals surface area contributed by atoms with E-state index in [0.717, 1.165) is 24.8 Å². The van der Waals surface area contributed by atoms with Crippen molar-refractivity contribution in [2.75, 3.05) is 6.54 Å². The minimum Gasteiger partial charge on any atom is -0.444 e. The van der Waals surface area contributed by atoms with Crippen molar-refractivity contribution in [2.24, 2.45) is 5.92 Å². The maximum absolute atomic E-state index is 14.4. The number of ether oxygens (including phenoxy) is 1. The van der Waals surface area contributed by atoms with Gasteiger partial charge in [-0.25, -0.2) is 4.79 Å². The number of terminal acetylenes is 1. The van der Waals surface area contributed by atoms with Crippen LogP contribution in [-0.4, -0.2) is 41.0 Å². The first-order valence-corrected chi connectivity index (χ1v) is 14.7. The predicted octanol–water partition coefficient (Wildman–Crippen LogP) is 6.37. The summed E-state index contributed by atoms with van der Waals surface area (Å²) in [5, 5.41) is 5.84. The number of benzene rings is 2. The Morgan fingerprint density at radius 1 is 0.976 bits per heavy atom. The van der Waals surface area contributed by atoms with Gasteiger partial charge in [0.05, 0.1) is 0 Å². The smallest absolute Gasteiger partial charge is 0.408 e. The summed E-state index contributed by atoms with van der Waals surface area (Å²) in [5.74, 6) is 1.81. The van der Waals surface area contributed by atoms with E-state index in [2.05, 4.69) is 23.5 Å². The van der Waals surface area contributed by atoms with Crippen molar-refractivity contribution in [1.82, 2.24) is 15.5 Å². The van der Waals surface area contributed by atoms with Crippen LogP contribution in [-0.2, 0) is 20.9 Å². The van der Waals surface area contributed by atoms with Gasteiger partial charge in [-0.05, 0) is 50.3 Å². The molecule has 3 atom stereocenters. The molecule has 7 nitrogen and oxygen atoms in total. The highest BCUT2D eigenvalue weighted by atomic mass is 16.6. The fraction of sp³-hybridized carbons (Fsp3) is 0.500. The highest BCUT2D eigenvalue weighted by Gasteiger charge is 2.38. The standard InChI is InChI=1S/C34H47N3O4/c1-8-11-12-18-23-37(32(39)29(25(4)9-2)36-33(40)41-34(5,6)7)30(28-22-17-16-21-27(28)10-3)31(38)35-24-26-19-14-13-15-20-26/h3,13-17,19-22,25,29-30H,8-9,11-12,18,23-24H2,1-2,4-7H3,(H,35,38)(H,36,40). The number of amides is 3. The van der Waals surface area contributed by atoms with Gasteiger partial charge in [0, 0.05) is 18.7 Å². The number of nitrogens with one attached hydrogen (secondary N) is 2. The molecule has 222 valence electrons. The number of alkyl carbamates (subject to hydrolysis) is 1. The second kappa shape index (κ2) is 16.5. The van der Waals surface area contributed by atoms with Gasteiger partial charge in [0.1, 0.15) is 17.7 Å². The first kappa shape index (κ1) is 33.4. The van der Waals surface area contributed by atoms with Crippen LogP contribution in [0.4, 0.5) is 4.79 Å². The zero-order valence-corrected chi connectivity index (χ0v) is 25.5. The van der Waals surface area contributed by atoms with Crippen molar-refractivity contribution >= 4 is 17.9 Å². The number of carbonyl (C=O) groups is 3. The fourth-order valence-electron chi connectivity index (χ4n) is 4.57. The van der Waals surface area contributed by atoms with E-state index in [0.29, 0.717) is 37.1 Å². The van der Waals surface area contributed by atoms with E-state index in [-0.39, 0.29) is 17.7 Å². The predicted molar refractivity (Wildman–Crippen MR) is 164 cm³/mol. The Morgan fingerprint density at radius 2 is 1.63 bits per heavy atom. The van der Waals surface area contributed by atoms with Crippen LogP contribution in [0.5, 0.6) is 0 Å². The maximum Gasteiger partial charge on any atom is 0.408 e. The van der Waals surface area contributed by atoms with E-state index in [1.165, 1.54) is 0 Å². The van der Waals surface area contributed by atoms with E-state index in [1.807, 2.05) is 56.3 Å². The van der Waals surface area contributed by atoms with Gasteiger partial charge < -0.3 is 20.3 Å². The van der Waals surface area contributed by atoms with Crippen LogP contribution in [0, 0.1) is 18.3 Å². The molecule has 0 aliphatic carbocycles. The molecule has 41 heavy (non-hydrogen) atoms. The fourth-order valence-corrected chi connectivity index (χ4v) is 4.57. The summed E-state index contributed by atoms with van der Waals surface area (Å²) in [4.78, 5) is 42.9. The van der Waals surface area contributed by atoms with Crippen molar-refractivity contribution in [3.63, 3.8) is 0 Å². The molecule has 3 amide bonds. The topological polar surface area (TPSA) is 87.7 Å². The zero-order valence-electron chi connectivity index (χ0n) is 25.5. The van der Waals surface area contributed by atoms with Crippen molar-refractivity contribution < 1.29 is 19.1 Å². The van der Waals surface area contributed by atoms with Gasteiger partial charge >= 0.3 is 6.09 Å². The molecule has 3 unspecified atom stereocenters. The Kier molecular flexibility index (Phi) is 13.4. The molecule has 0 spiro atoms. The van der Waals surface area contributed by atoms with E-state index < -0.39 is 23.8 Å². The molecule has 0 saturated heterocycles. The zero-order chi connectivity index (χ0) is 30.4. The molecular formula is C34H47N3O4. The molecule has 2 aromatic rings. The van der Waals surface area contributed by atoms with E-state index in [9.17, 15) is 14.4 Å². The lowest BCUT2D eigenvalue weighted by molar-refractivity contribution is -0.143. The van der Waals surface area contributed by atoms with Crippen molar-refractivity contribution in [1.29, 1.82) is 0 Å². The monoisotopic (exact) mass is 561 g/mol. The average molecular weight is 562 g/mol. The van der Waals surface area contributed by atoms with Gasteiger partial charge in [-0.2, -0.15) is 0 Å². The van der Waals surface area contributed by atoms with Crippen LogP contribution >= 0.6 is 0 Å². The number of rotatable bonds is 14. The second-order valence-corrected chi connectivity index (χ2v) is 11.4. The molecule has 0 radical (unpaired) electrons.